The van der Waals surface area contributed by atoms with Crippen molar-refractivity contribution in [2.45, 2.75) is 76.6 Å². The van der Waals surface area contributed by atoms with Crippen molar-refractivity contribution in [2.75, 3.05) is 19.7 Å². The summed E-state index contributed by atoms with van der Waals surface area (Å²) in [5.74, 6) is -1.72. The summed E-state index contributed by atoms with van der Waals surface area (Å²) in [4.78, 5) is 27.0. The van der Waals surface area contributed by atoms with Gasteiger partial charge in [-0.2, -0.15) is 0 Å². The Kier molecular flexibility index (Phi) is 5.62. The van der Waals surface area contributed by atoms with E-state index in [4.69, 9.17) is 14.2 Å². The molecule has 28 heavy (non-hydrogen) atoms. The summed E-state index contributed by atoms with van der Waals surface area (Å²) in [6.45, 7) is 9.69. The van der Waals surface area contributed by atoms with Crippen LogP contribution in [0.5, 0.6) is 0 Å². The summed E-state index contributed by atoms with van der Waals surface area (Å²) in [5, 5.41) is 20.4. The summed E-state index contributed by atoms with van der Waals surface area (Å²) in [5.41, 5.74) is -1.99. The Bertz CT molecular complexity index is 665. The van der Waals surface area contributed by atoms with Crippen LogP contribution in [0.3, 0.4) is 0 Å². The number of carbonyl (C=O) groups is 2. The molecule has 6 atom stereocenters. The molecule has 0 aliphatic carbocycles. The Balaban J connectivity index is 1.62. The monoisotopic (exact) mass is 397 g/mol. The molecule has 3 rings (SSSR count). The Hall–Kier alpha value is -1.48. The minimum atomic E-state index is -1.96. The topological polar surface area (TPSA) is 109 Å². The van der Waals surface area contributed by atoms with Crippen LogP contribution >= 0.6 is 0 Å². The standard InChI is InChI=1S/C20H31NO7/c1-11(2)20(25,12(3)22)18(24)26-10-14-6-8-21-9-7-15(16(14)21)27-17(23)19(5)13(4)28-19/h6,11-13,15-16,22,25H,7-10H2,1-5H3/t12-,13?,15-,16-,19?,20+/m1/s1. The van der Waals surface area contributed by atoms with Gasteiger partial charge in [-0.3, -0.25) is 4.90 Å². The third-order valence-corrected chi connectivity index (χ3v) is 6.43. The molecule has 0 aromatic rings. The summed E-state index contributed by atoms with van der Waals surface area (Å²) in [7, 11) is 0. The number of ether oxygens (including phenoxy) is 3. The molecule has 8 heteroatoms. The van der Waals surface area contributed by atoms with Gasteiger partial charge in [-0.1, -0.05) is 19.9 Å². The van der Waals surface area contributed by atoms with Crippen molar-refractivity contribution in [3.8, 4) is 0 Å². The molecule has 2 N–H and O–H groups in total. The quantitative estimate of drug-likeness (QED) is 0.361. The number of rotatable bonds is 7. The lowest BCUT2D eigenvalue weighted by Crippen LogP contribution is -2.53. The Morgan fingerprint density at radius 1 is 1.43 bits per heavy atom. The number of hydrogen-bond acceptors (Lipinski definition) is 8. The van der Waals surface area contributed by atoms with Crippen LogP contribution in [0, 0.1) is 5.92 Å². The van der Waals surface area contributed by atoms with Gasteiger partial charge in [0.05, 0.1) is 18.2 Å². The van der Waals surface area contributed by atoms with Gasteiger partial charge in [-0.25, -0.2) is 9.59 Å². The van der Waals surface area contributed by atoms with E-state index in [1.807, 2.05) is 13.0 Å². The van der Waals surface area contributed by atoms with Crippen LogP contribution in [0.2, 0.25) is 0 Å². The first-order chi connectivity index (χ1) is 13.0. The zero-order chi connectivity index (χ0) is 20.9. The fraction of sp³-hybridized carbons (Fsp3) is 0.800. The minimum absolute atomic E-state index is 0.0139. The van der Waals surface area contributed by atoms with Gasteiger partial charge in [0.25, 0.3) is 0 Å². The van der Waals surface area contributed by atoms with Crippen molar-refractivity contribution in [1.29, 1.82) is 0 Å². The van der Waals surface area contributed by atoms with E-state index in [2.05, 4.69) is 4.90 Å². The average Bonchev–Trinajstić information content (AvgIpc) is 2.98. The molecule has 2 saturated heterocycles. The predicted molar refractivity (Wildman–Crippen MR) is 99.3 cm³/mol. The second-order valence-electron chi connectivity index (χ2n) is 8.55. The summed E-state index contributed by atoms with van der Waals surface area (Å²) >= 11 is 0. The number of epoxide rings is 1. The first-order valence-electron chi connectivity index (χ1n) is 9.91. The van der Waals surface area contributed by atoms with Gasteiger partial charge in [-0.05, 0) is 38.7 Å². The fourth-order valence-electron chi connectivity index (χ4n) is 4.08. The summed E-state index contributed by atoms with van der Waals surface area (Å²) < 4.78 is 16.4. The van der Waals surface area contributed by atoms with E-state index in [0.29, 0.717) is 13.0 Å². The molecule has 0 spiro atoms. The van der Waals surface area contributed by atoms with Gasteiger partial charge < -0.3 is 24.4 Å². The molecule has 3 aliphatic rings. The SMILES string of the molecule is CC1OC1(C)C(=O)O[C@@H]1CCN2CC=C(COC(=O)[C@](O)(C(C)C)[C@@H](C)O)[C@H]12. The molecule has 0 aromatic carbocycles. The molecule has 0 radical (unpaired) electrons. The van der Waals surface area contributed by atoms with E-state index in [1.54, 1.807) is 20.8 Å². The molecule has 0 aromatic heterocycles. The molecule has 2 unspecified atom stereocenters. The lowest BCUT2D eigenvalue weighted by atomic mass is 9.85. The zero-order valence-corrected chi connectivity index (χ0v) is 17.2. The molecule has 3 heterocycles. The van der Waals surface area contributed by atoms with Gasteiger partial charge >= 0.3 is 11.9 Å². The van der Waals surface area contributed by atoms with Gasteiger partial charge in [0, 0.05) is 13.1 Å². The van der Waals surface area contributed by atoms with Crippen LogP contribution < -0.4 is 0 Å². The Morgan fingerprint density at radius 2 is 2.07 bits per heavy atom. The van der Waals surface area contributed by atoms with Crippen molar-refractivity contribution in [1.82, 2.24) is 4.90 Å². The molecule has 158 valence electrons. The minimum Gasteiger partial charge on any atom is -0.459 e. The molecule has 8 nitrogen and oxygen atoms in total. The highest BCUT2D eigenvalue weighted by Crippen LogP contribution is 2.39. The molecular formula is C20H31NO7. The maximum atomic E-state index is 12.5. The Labute approximate surface area is 165 Å². The number of nitrogens with zero attached hydrogens (tertiary/aromatic N) is 1. The first kappa shape index (κ1) is 21.2. The largest absolute Gasteiger partial charge is 0.459 e. The van der Waals surface area contributed by atoms with Crippen molar-refractivity contribution in [3.05, 3.63) is 11.6 Å². The van der Waals surface area contributed by atoms with Crippen LogP contribution in [0.25, 0.3) is 0 Å². The second-order valence-corrected chi connectivity index (χ2v) is 8.55. The van der Waals surface area contributed by atoms with E-state index in [-0.39, 0.29) is 30.8 Å². The molecule has 2 fully saturated rings. The van der Waals surface area contributed by atoms with E-state index in [1.165, 1.54) is 6.92 Å². The van der Waals surface area contributed by atoms with Gasteiger partial charge in [0.15, 0.2) is 11.2 Å². The van der Waals surface area contributed by atoms with E-state index in [0.717, 1.165) is 12.1 Å². The maximum absolute atomic E-state index is 12.5. The highest BCUT2D eigenvalue weighted by atomic mass is 16.7. The number of carbonyl (C=O) groups excluding carboxylic acids is 2. The highest BCUT2D eigenvalue weighted by Gasteiger charge is 2.58. The van der Waals surface area contributed by atoms with Crippen molar-refractivity contribution >= 4 is 11.9 Å². The number of hydrogen-bond donors (Lipinski definition) is 2. The van der Waals surface area contributed by atoms with Gasteiger partial charge in [-0.15, -0.1) is 0 Å². The molecule has 0 saturated carbocycles. The lowest BCUT2D eigenvalue weighted by Gasteiger charge is -2.32. The average molecular weight is 397 g/mol. The van der Waals surface area contributed by atoms with E-state index in [9.17, 15) is 19.8 Å². The van der Waals surface area contributed by atoms with Crippen molar-refractivity contribution in [2.24, 2.45) is 5.92 Å². The van der Waals surface area contributed by atoms with E-state index < -0.39 is 29.2 Å². The molecule has 0 amide bonds. The van der Waals surface area contributed by atoms with Gasteiger partial charge in [0.2, 0.25) is 0 Å². The van der Waals surface area contributed by atoms with Crippen LogP contribution in [0.15, 0.2) is 11.6 Å². The van der Waals surface area contributed by atoms with Crippen LogP contribution in [0.4, 0.5) is 0 Å². The maximum Gasteiger partial charge on any atom is 0.341 e. The number of aliphatic hydroxyl groups is 2. The molecule has 0 bridgehead atoms. The number of fused-ring (bicyclic) bond motifs is 1. The molecule has 3 aliphatic heterocycles. The highest BCUT2D eigenvalue weighted by molar-refractivity contribution is 5.83. The fourth-order valence-corrected chi connectivity index (χ4v) is 4.08. The normalized spacial score (nSPS) is 35.1. The van der Waals surface area contributed by atoms with Crippen molar-refractivity contribution in [3.63, 3.8) is 0 Å². The van der Waals surface area contributed by atoms with Crippen LogP contribution in [-0.4, -0.2) is 82.3 Å². The van der Waals surface area contributed by atoms with Crippen LogP contribution in [-0.2, 0) is 23.8 Å². The smallest absolute Gasteiger partial charge is 0.341 e. The number of esters is 2. The summed E-state index contributed by atoms with van der Waals surface area (Å²) in [6.07, 6.45) is 0.943. The molecular weight excluding hydrogens is 366 g/mol. The van der Waals surface area contributed by atoms with Gasteiger partial charge in [0.1, 0.15) is 12.7 Å². The lowest BCUT2D eigenvalue weighted by molar-refractivity contribution is -0.184. The zero-order valence-electron chi connectivity index (χ0n) is 17.2. The van der Waals surface area contributed by atoms with E-state index >= 15 is 0 Å². The first-order valence-corrected chi connectivity index (χ1v) is 9.91. The third-order valence-electron chi connectivity index (χ3n) is 6.43. The Morgan fingerprint density at radius 3 is 2.61 bits per heavy atom. The third kappa shape index (κ3) is 3.47. The second kappa shape index (κ2) is 7.40. The van der Waals surface area contributed by atoms with Crippen LogP contribution in [0.1, 0.15) is 41.0 Å². The number of aliphatic hydroxyl groups excluding tert-OH is 1. The summed E-state index contributed by atoms with van der Waals surface area (Å²) in [6, 6.07) is -0.145. The predicted octanol–water partition coefficient (Wildman–Crippen LogP) is 0.401. The van der Waals surface area contributed by atoms with Crippen molar-refractivity contribution < 1.29 is 34.0 Å².